The van der Waals surface area contributed by atoms with Crippen molar-refractivity contribution in [2.75, 3.05) is 31.6 Å². The highest BCUT2D eigenvalue weighted by Gasteiger charge is 2.11. The molecule has 1 saturated heterocycles. The Balaban J connectivity index is 0.000000198. The van der Waals surface area contributed by atoms with Gasteiger partial charge in [-0.15, -0.1) is 5.10 Å². The van der Waals surface area contributed by atoms with Gasteiger partial charge in [-0.05, 0) is 61.9 Å². The highest BCUT2D eigenvalue weighted by Crippen LogP contribution is 2.16. The number of halogens is 1. The van der Waals surface area contributed by atoms with Crippen molar-refractivity contribution >= 4 is 23.4 Å². The van der Waals surface area contributed by atoms with E-state index in [-0.39, 0.29) is 6.03 Å². The van der Waals surface area contributed by atoms with E-state index in [0.29, 0.717) is 6.54 Å². The van der Waals surface area contributed by atoms with E-state index in [4.69, 9.17) is 11.6 Å². The number of amides is 2. The molecule has 0 saturated carbocycles. The number of nitrogens with one attached hydrogen (secondary N) is 2. The average Bonchev–Trinajstić information content (AvgIpc) is 2.72. The second-order valence-corrected chi connectivity index (χ2v) is 6.88. The number of nitrogens with zero attached hydrogens (tertiary/aromatic N) is 3. The summed E-state index contributed by atoms with van der Waals surface area (Å²) in [5.74, 6) is 1.03. The van der Waals surface area contributed by atoms with Gasteiger partial charge in [0.25, 0.3) is 0 Å². The average molecular weight is 390 g/mol. The predicted molar refractivity (Wildman–Crippen MR) is 110 cm³/mol. The first-order valence-electron chi connectivity index (χ1n) is 9.33. The lowest BCUT2D eigenvalue weighted by atomic mass is 10.1. The van der Waals surface area contributed by atoms with Crippen LogP contribution in [0.1, 0.15) is 30.4 Å². The Morgan fingerprint density at radius 3 is 2.63 bits per heavy atom. The van der Waals surface area contributed by atoms with Gasteiger partial charge in [-0.1, -0.05) is 23.7 Å². The molecule has 1 aromatic carbocycles. The molecule has 1 fully saturated rings. The van der Waals surface area contributed by atoms with Gasteiger partial charge < -0.3 is 15.5 Å². The van der Waals surface area contributed by atoms with Crippen LogP contribution in [-0.4, -0.2) is 42.9 Å². The van der Waals surface area contributed by atoms with E-state index >= 15 is 0 Å². The van der Waals surface area contributed by atoms with Crippen LogP contribution in [-0.2, 0) is 6.42 Å². The number of carbonyl (C=O) groups is 1. The smallest absolute Gasteiger partial charge is 0.314 e. The lowest BCUT2D eigenvalue weighted by molar-refractivity contribution is 0.243. The summed E-state index contributed by atoms with van der Waals surface area (Å²) in [6.07, 6.45) is 6.46. The molecule has 1 aromatic heterocycles. The van der Waals surface area contributed by atoms with E-state index in [9.17, 15) is 4.79 Å². The minimum absolute atomic E-state index is 0.152. The fourth-order valence-corrected chi connectivity index (χ4v) is 2.97. The molecule has 2 N–H and O–H groups in total. The van der Waals surface area contributed by atoms with Crippen molar-refractivity contribution in [3.8, 4) is 0 Å². The van der Waals surface area contributed by atoms with Gasteiger partial charge in [0, 0.05) is 37.9 Å². The lowest BCUT2D eigenvalue weighted by Crippen LogP contribution is -2.33. The van der Waals surface area contributed by atoms with Gasteiger partial charge in [-0.25, -0.2) is 4.79 Å². The van der Waals surface area contributed by atoms with Crippen molar-refractivity contribution in [1.29, 1.82) is 0 Å². The second-order valence-electron chi connectivity index (χ2n) is 6.47. The second kappa shape index (κ2) is 11.4. The number of aromatic nitrogens is 2. The Bertz CT molecular complexity index is 705. The Hall–Kier alpha value is -2.34. The van der Waals surface area contributed by atoms with E-state index < -0.39 is 0 Å². The minimum Gasteiger partial charge on any atom is -0.355 e. The monoisotopic (exact) mass is 389 g/mol. The van der Waals surface area contributed by atoms with Crippen molar-refractivity contribution in [2.45, 2.75) is 32.6 Å². The Morgan fingerprint density at radius 2 is 2.00 bits per heavy atom. The highest BCUT2D eigenvalue weighted by molar-refractivity contribution is 6.31. The van der Waals surface area contributed by atoms with Gasteiger partial charge in [0.2, 0.25) is 0 Å². The molecule has 0 aliphatic carbocycles. The van der Waals surface area contributed by atoms with Gasteiger partial charge in [-0.3, -0.25) is 0 Å². The van der Waals surface area contributed by atoms with E-state index in [0.717, 1.165) is 35.9 Å². The molecule has 1 aliphatic heterocycles. The molecule has 0 atom stereocenters. The number of hydrogen-bond donors (Lipinski definition) is 2. The van der Waals surface area contributed by atoms with Gasteiger partial charge in [0.15, 0.2) is 5.82 Å². The topological polar surface area (TPSA) is 70.1 Å². The van der Waals surface area contributed by atoms with E-state index in [1.54, 1.807) is 13.2 Å². The Morgan fingerprint density at radius 1 is 1.22 bits per heavy atom. The Labute approximate surface area is 166 Å². The summed E-state index contributed by atoms with van der Waals surface area (Å²) in [7, 11) is 1.60. The first-order valence-corrected chi connectivity index (χ1v) is 9.71. The van der Waals surface area contributed by atoms with E-state index in [1.807, 2.05) is 37.3 Å². The number of hydrogen-bond acceptors (Lipinski definition) is 4. The van der Waals surface area contributed by atoms with Crippen LogP contribution < -0.4 is 15.5 Å². The first-order chi connectivity index (χ1) is 13.1. The molecular formula is C20H28ClN5O. The number of rotatable bonds is 4. The number of anilines is 1. The number of aryl methyl sites for hydroxylation is 1. The fourth-order valence-electron chi connectivity index (χ4n) is 2.86. The summed E-state index contributed by atoms with van der Waals surface area (Å²) in [5, 5.41) is 14.0. The number of piperidine rings is 1. The van der Waals surface area contributed by atoms with Crippen molar-refractivity contribution in [1.82, 2.24) is 20.8 Å². The third-order valence-corrected chi connectivity index (χ3v) is 4.81. The number of carbonyl (C=O) groups excluding carboxylic acids is 1. The third-order valence-electron chi connectivity index (χ3n) is 4.39. The molecule has 2 heterocycles. The normalized spacial score (nSPS) is 13.4. The van der Waals surface area contributed by atoms with Crippen LogP contribution in [0.5, 0.6) is 0 Å². The maximum atomic E-state index is 10.9. The molecule has 27 heavy (non-hydrogen) atoms. The van der Waals surface area contributed by atoms with E-state index in [1.165, 1.54) is 24.8 Å². The third kappa shape index (κ3) is 7.43. The van der Waals surface area contributed by atoms with Gasteiger partial charge >= 0.3 is 6.03 Å². The number of benzene rings is 1. The zero-order valence-electron chi connectivity index (χ0n) is 16.0. The van der Waals surface area contributed by atoms with Crippen LogP contribution in [0.15, 0.2) is 36.5 Å². The quantitative estimate of drug-likeness (QED) is 0.838. The molecule has 3 rings (SSSR count). The molecule has 7 heteroatoms. The van der Waals surface area contributed by atoms with Crippen molar-refractivity contribution < 1.29 is 4.79 Å². The molecule has 0 unspecified atom stereocenters. The van der Waals surface area contributed by atoms with Crippen LogP contribution in [0.3, 0.4) is 0 Å². The molecule has 6 nitrogen and oxygen atoms in total. The van der Waals surface area contributed by atoms with Crippen LogP contribution in [0.25, 0.3) is 0 Å². The van der Waals surface area contributed by atoms with Crippen molar-refractivity contribution in [3.63, 3.8) is 0 Å². The summed E-state index contributed by atoms with van der Waals surface area (Å²) < 4.78 is 0. The summed E-state index contributed by atoms with van der Waals surface area (Å²) >= 11 is 5.91. The van der Waals surface area contributed by atoms with Crippen LogP contribution in [0.4, 0.5) is 10.6 Å². The zero-order chi connectivity index (χ0) is 19.5. The largest absolute Gasteiger partial charge is 0.355 e. The lowest BCUT2D eigenvalue weighted by Gasteiger charge is -2.26. The zero-order valence-corrected chi connectivity index (χ0v) is 16.8. The molecule has 1 aliphatic rings. The molecule has 0 spiro atoms. The SMILES string of the molecule is CNC(=O)NCCc1ccc(Cl)c(C)c1.c1cnnc(N2CCCCC2)c1. The summed E-state index contributed by atoms with van der Waals surface area (Å²) in [6.45, 7) is 4.87. The molecule has 2 amide bonds. The standard InChI is InChI=1S/C11H15ClN2O.C9H13N3/c1-8-7-9(3-4-10(8)12)5-6-14-11(15)13-2;1-2-7-12(8-3-1)9-5-4-6-10-11-9/h3-4,7H,5-6H2,1-2H3,(H2,13,14,15);4-6H,1-3,7-8H2. The molecule has 146 valence electrons. The van der Waals surface area contributed by atoms with Gasteiger partial charge in [0.1, 0.15) is 0 Å². The molecule has 2 aromatic rings. The van der Waals surface area contributed by atoms with E-state index in [2.05, 4.69) is 25.7 Å². The maximum Gasteiger partial charge on any atom is 0.314 e. The summed E-state index contributed by atoms with van der Waals surface area (Å²) in [6, 6.07) is 9.71. The van der Waals surface area contributed by atoms with Crippen LogP contribution >= 0.6 is 11.6 Å². The van der Waals surface area contributed by atoms with Crippen molar-refractivity contribution in [3.05, 3.63) is 52.7 Å². The van der Waals surface area contributed by atoms with Crippen LogP contribution in [0.2, 0.25) is 5.02 Å². The van der Waals surface area contributed by atoms with Gasteiger partial charge in [-0.2, -0.15) is 5.10 Å². The maximum absolute atomic E-state index is 10.9. The predicted octanol–water partition coefficient (Wildman–Crippen LogP) is 3.59. The Kier molecular flexibility index (Phi) is 8.84. The number of urea groups is 1. The van der Waals surface area contributed by atoms with Crippen LogP contribution in [0, 0.1) is 6.92 Å². The highest BCUT2D eigenvalue weighted by atomic mass is 35.5. The summed E-state index contributed by atoms with van der Waals surface area (Å²) in [4.78, 5) is 13.2. The molecule has 0 radical (unpaired) electrons. The summed E-state index contributed by atoms with van der Waals surface area (Å²) in [5.41, 5.74) is 2.24. The van der Waals surface area contributed by atoms with Crippen molar-refractivity contribution in [2.24, 2.45) is 0 Å². The first kappa shape index (κ1) is 21.0. The molecular weight excluding hydrogens is 362 g/mol. The minimum atomic E-state index is -0.152. The molecule has 0 bridgehead atoms. The van der Waals surface area contributed by atoms with Gasteiger partial charge in [0.05, 0.1) is 0 Å². The fraction of sp³-hybridized carbons (Fsp3) is 0.450.